The standard InChI is InChI=1S/C15H19NO.C13H14ClNO/c1-8(2)13-7-16-15-10(4)9(3)14(17)6-12(15)11(13)5;1-7(2)10-4-9-5-11(16)12(14)8(3)13(9)15-6-10/h7-8H,6H2,1-5H3;4,6-7H,5H2,1-3H3. The lowest BCUT2D eigenvalue weighted by molar-refractivity contribution is -0.115. The largest absolute Gasteiger partial charge is 0.294 e. The molecule has 0 spiro atoms. The summed E-state index contributed by atoms with van der Waals surface area (Å²) in [6, 6.07) is 2.07. The SMILES string of the molecule is CC1=C(C)c2ncc(C(C)C)c(C)c2CC1=O.CC1=C(Cl)C(=O)Cc2cc(C(C)C)cnc21. The minimum absolute atomic E-state index is 0.00521. The average Bonchev–Trinajstić information content (AvgIpc) is 2.76. The molecular formula is C28H33ClN2O2. The molecule has 0 aromatic carbocycles. The predicted octanol–water partition coefficient (Wildman–Crippen LogP) is 6.73. The molecule has 0 radical (unpaired) electrons. The first-order valence-corrected chi connectivity index (χ1v) is 11.9. The molecule has 0 N–H and O–H groups in total. The predicted molar refractivity (Wildman–Crippen MR) is 136 cm³/mol. The van der Waals surface area contributed by atoms with E-state index < -0.39 is 0 Å². The maximum absolute atomic E-state index is 11.9. The third-order valence-electron chi connectivity index (χ3n) is 6.73. The van der Waals surface area contributed by atoms with Gasteiger partial charge in [-0.1, -0.05) is 45.4 Å². The van der Waals surface area contributed by atoms with Gasteiger partial charge in [-0.2, -0.15) is 0 Å². The van der Waals surface area contributed by atoms with Crippen LogP contribution in [-0.2, 0) is 22.4 Å². The van der Waals surface area contributed by atoms with Crippen LogP contribution in [0, 0.1) is 6.92 Å². The molecule has 33 heavy (non-hydrogen) atoms. The Morgan fingerprint density at radius 1 is 0.788 bits per heavy atom. The molecule has 2 heterocycles. The van der Waals surface area contributed by atoms with Crippen molar-refractivity contribution >= 4 is 34.3 Å². The van der Waals surface area contributed by atoms with Crippen molar-refractivity contribution in [1.82, 2.24) is 9.97 Å². The number of fused-ring (bicyclic) bond motifs is 2. The van der Waals surface area contributed by atoms with Crippen LogP contribution in [0.15, 0.2) is 29.1 Å². The van der Waals surface area contributed by atoms with Crippen molar-refractivity contribution in [2.75, 3.05) is 0 Å². The van der Waals surface area contributed by atoms with Crippen molar-refractivity contribution in [3.8, 4) is 0 Å². The number of carbonyl (C=O) groups is 2. The van der Waals surface area contributed by atoms with Crippen LogP contribution in [0.4, 0.5) is 0 Å². The Labute approximate surface area is 202 Å². The van der Waals surface area contributed by atoms with E-state index in [1.807, 2.05) is 33.2 Å². The van der Waals surface area contributed by atoms with Crippen LogP contribution in [-0.4, -0.2) is 21.5 Å². The number of allylic oxidation sites excluding steroid dienone is 4. The fourth-order valence-corrected chi connectivity index (χ4v) is 4.50. The summed E-state index contributed by atoms with van der Waals surface area (Å²) in [7, 11) is 0. The van der Waals surface area contributed by atoms with Gasteiger partial charge in [0, 0.05) is 25.2 Å². The van der Waals surface area contributed by atoms with Gasteiger partial charge < -0.3 is 0 Å². The lowest BCUT2D eigenvalue weighted by Gasteiger charge is -2.22. The molecule has 0 fully saturated rings. The summed E-state index contributed by atoms with van der Waals surface area (Å²) in [6.45, 7) is 16.4. The van der Waals surface area contributed by atoms with Gasteiger partial charge in [0.15, 0.2) is 11.6 Å². The third kappa shape index (κ3) is 4.86. The first-order valence-electron chi connectivity index (χ1n) is 11.5. The molecular weight excluding hydrogens is 432 g/mol. The molecule has 2 aromatic rings. The minimum Gasteiger partial charge on any atom is -0.294 e. The zero-order valence-corrected chi connectivity index (χ0v) is 21.6. The highest BCUT2D eigenvalue weighted by molar-refractivity contribution is 6.46. The minimum atomic E-state index is -0.00521. The Kier molecular flexibility index (Phi) is 7.38. The highest BCUT2D eigenvalue weighted by atomic mass is 35.5. The first-order chi connectivity index (χ1) is 15.4. The van der Waals surface area contributed by atoms with Crippen molar-refractivity contribution in [2.45, 2.75) is 80.1 Å². The molecule has 5 heteroatoms. The first kappa shape index (κ1) is 25.0. The average molecular weight is 465 g/mol. The van der Waals surface area contributed by atoms with Crippen molar-refractivity contribution < 1.29 is 9.59 Å². The molecule has 2 aliphatic rings. The lowest BCUT2D eigenvalue weighted by Crippen LogP contribution is -2.17. The number of nitrogens with zero attached hydrogens (tertiary/aromatic N) is 2. The van der Waals surface area contributed by atoms with E-state index in [2.05, 4.69) is 50.7 Å². The number of aromatic nitrogens is 2. The van der Waals surface area contributed by atoms with Crippen LogP contribution >= 0.6 is 11.6 Å². The van der Waals surface area contributed by atoms with Crippen LogP contribution < -0.4 is 0 Å². The van der Waals surface area contributed by atoms with Gasteiger partial charge in [-0.3, -0.25) is 19.6 Å². The van der Waals surface area contributed by atoms with E-state index in [1.165, 1.54) is 11.1 Å². The highest BCUT2D eigenvalue weighted by Crippen LogP contribution is 2.33. The summed E-state index contributed by atoms with van der Waals surface area (Å²) >= 11 is 5.94. The van der Waals surface area contributed by atoms with E-state index >= 15 is 0 Å². The number of hydrogen-bond donors (Lipinski definition) is 0. The van der Waals surface area contributed by atoms with E-state index in [0.717, 1.165) is 44.8 Å². The van der Waals surface area contributed by atoms with Crippen LogP contribution in [0.2, 0.25) is 0 Å². The van der Waals surface area contributed by atoms with Gasteiger partial charge >= 0.3 is 0 Å². The van der Waals surface area contributed by atoms with Crippen molar-refractivity contribution in [3.05, 3.63) is 68.3 Å². The molecule has 4 nitrogen and oxygen atoms in total. The summed E-state index contributed by atoms with van der Waals surface area (Å²) in [5.41, 5.74) is 10.4. The number of carbonyl (C=O) groups excluding carboxylic acids is 2. The van der Waals surface area contributed by atoms with E-state index in [4.69, 9.17) is 11.6 Å². The third-order valence-corrected chi connectivity index (χ3v) is 7.23. The smallest absolute Gasteiger partial charge is 0.178 e. The Morgan fingerprint density at radius 3 is 2.03 bits per heavy atom. The molecule has 0 saturated heterocycles. The van der Waals surface area contributed by atoms with Crippen molar-refractivity contribution in [2.24, 2.45) is 0 Å². The van der Waals surface area contributed by atoms with Crippen LogP contribution in [0.5, 0.6) is 0 Å². The Hall–Kier alpha value is -2.59. The van der Waals surface area contributed by atoms with E-state index in [-0.39, 0.29) is 11.6 Å². The topological polar surface area (TPSA) is 59.9 Å². The fraction of sp³-hybridized carbons (Fsp3) is 0.429. The second-order valence-electron chi connectivity index (χ2n) is 9.64. The highest BCUT2D eigenvalue weighted by Gasteiger charge is 2.25. The van der Waals surface area contributed by atoms with E-state index in [0.29, 0.717) is 29.7 Å². The molecule has 0 saturated carbocycles. The number of hydrogen-bond acceptors (Lipinski definition) is 4. The number of ketones is 2. The van der Waals surface area contributed by atoms with E-state index in [9.17, 15) is 9.59 Å². The van der Waals surface area contributed by atoms with Gasteiger partial charge in [0.1, 0.15) is 0 Å². The molecule has 174 valence electrons. The maximum Gasteiger partial charge on any atom is 0.178 e. The van der Waals surface area contributed by atoms with Gasteiger partial charge in [-0.15, -0.1) is 0 Å². The molecule has 0 unspecified atom stereocenters. The summed E-state index contributed by atoms with van der Waals surface area (Å²) in [5.74, 6) is 1.11. The summed E-state index contributed by atoms with van der Waals surface area (Å²) in [6.07, 6.45) is 4.72. The zero-order chi connectivity index (χ0) is 24.6. The Morgan fingerprint density at radius 2 is 1.42 bits per heavy atom. The quantitative estimate of drug-likeness (QED) is 0.494. The van der Waals surface area contributed by atoms with Gasteiger partial charge in [0.25, 0.3) is 0 Å². The summed E-state index contributed by atoms with van der Waals surface area (Å²) in [5, 5.41) is 0.331. The second-order valence-corrected chi connectivity index (χ2v) is 10.0. The Bertz CT molecular complexity index is 1200. The second kappa shape index (κ2) is 9.72. The van der Waals surface area contributed by atoms with E-state index in [1.54, 1.807) is 0 Å². The van der Waals surface area contributed by atoms with Crippen molar-refractivity contribution in [1.29, 1.82) is 0 Å². The zero-order valence-electron chi connectivity index (χ0n) is 20.9. The number of halogens is 1. The molecule has 0 amide bonds. The summed E-state index contributed by atoms with van der Waals surface area (Å²) < 4.78 is 0. The summed E-state index contributed by atoms with van der Waals surface area (Å²) in [4.78, 5) is 32.5. The van der Waals surface area contributed by atoms with Gasteiger partial charge in [-0.25, -0.2) is 0 Å². The van der Waals surface area contributed by atoms with Crippen molar-refractivity contribution in [3.63, 3.8) is 0 Å². The maximum atomic E-state index is 11.9. The number of pyridine rings is 2. The fourth-order valence-electron chi connectivity index (χ4n) is 4.34. The molecule has 0 bridgehead atoms. The van der Waals surface area contributed by atoms with Crippen LogP contribution in [0.25, 0.3) is 11.1 Å². The number of Topliss-reactive ketones (excluding diaryl/α,β-unsaturated/α-hetero) is 2. The van der Waals surface area contributed by atoms with Gasteiger partial charge in [0.2, 0.25) is 0 Å². The molecule has 2 aromatic heterocycles. The molecule has 4 rings (SSSR count). The Balaban J connectivity index is 0.000000186. The van der Waals surface area contributed by atoms with Gasteiger partial charge in [-0.05, 0) is 84.1 Å². The molecule has 2 aliphatic carbocycles. The van der Waals surface area contributed by atoms with Crippen LogP contribution in [0.3, 0.4) is 0 Å². The molecule has 0 atom stereocenters. The normalized spacial score (nSPS) is 15.6. The lowest BCUT2D eigenvalue weighted by atomic mass is 9.84. The monoisotopic (exact) mass is 464 g/mol. The van der Waals surface area contributed by atoms with Gasteiger partial charge in [0.05, 0.1) is 16.4 Å². The molecule has 0 aliphatic heterocycles. The number of rotatable bonds is 2. The van der Waals surface area contributed by atoms with Crippen LogP contribution in [0.1, 0.15) is 99.5 Å².